The van der Waals surface area contributed by atoms with Gasteiger partial charge in [0.05, 0.1) is 13.0 Å². The fraction of sp³-hybridized carbons (Fsp3) is 0.567. The molecular weight excluding hydrogens is 507 g/mol. The van der Waals surface area contributed by atoms with E-state index in [-0.39, 0.29) is 29.7 Å². The lowest BCUT2D eigenvalue weighted by Crippen LogP contribution is -2.50. The van der Waals surface area contributed by atoms with Crippen LogP contribution in [-0.4, -0.2) is 67.4 Å². The van der Waals surface area contributed by atoms with Crippen molar-refractivity contribution in [2.75, 3.05) is 27.2 Å². The normalized spacial score (nSPS) is 21.3. The summed E-state index contributed by atoms with van der Waals surface area (Å²) in [5, 5.41) is 3.08. The van der Waals surface area contributed by atoms with Gasteiger partial charge in [0, 0.05) is 36.8 Å². The van der Waals surface area contributed by atoms with Crippen LogP contribution in [0.15, 0.2) is 36.4 Å². The Morgan fingerprint density at radius 2 is 1.69 bits per heavy atom. The molecule has 9 heteroatoms. The molecule has 1 amide bonds. The number of para-hydroxylation sites is 1. The highest BCUT2D eigenvalue weighted by molar-refractivity contribution is 5.79. The van der Waals surface area contributed by atoms with Crippen LogP contribution in [0, 0.1) is 13.8 Å². The number of nitrogens with one attached hydrogen (secondary N) is 1. The molecule has 2 bridgehead atoms. The first-order valence-corrected chi connectivity index (χ1v) is 13.8. The molecule has 0 aliphatic carbocycles. The standard InChI is InChI=1S/C30H40F3N3O3/c1-20-21(2)27(38-15-7-14-35(3)4)13-10-23(20)19-36-25-11-12-26(36)18-24(17-25)34-29(37)16-22-8-5-6-9-28(22)39-30(31,32)33/h5-6,8-10,13,24-26H,7,11-12,14-19H2,1-4H3,(H,34,37). The predicted molar refractivity (Wildman–Crippen MR) is 145 cm³/mol. The second kappa shape index (κ2) is 12.6. The van der Waals surface area contributed by atoms with E-state index in [1.54, 1.807) is 6.07 Å². The number of rotatable bonds is 11. The second-order valence-electron chi connectivity index (χ2n) is 11.1. The lowest BCUT2D eigenvalue weighted by Gasteiger charge is -2.39. The maximum Gasteiger partial charge on any atom is 0.573 e. The first-order chi connectivity index (χ1) is 18.5. The minimum Gasteiger partial charge on any atom is -0.493 e. The molecule has 2 aliphatic heterocycles. The molecular formula is C30H40F3N3O3. The molecule has 6 nitrogen and oxygen atoms in total. The molecule has 2 aliphatic rings. The van der Waals surface area contributed by atoms with Crippen LogP contribution >= 0.6 is 0 Å². The maximum absolute atomic E-state index is 12.8. The van der Waals surface area contributed by atoms with Crippen molar-refractivity contribution < 1.29 is 27.4 Å². The van der Waals surface area contributed by atoms with Crippen LogP contribution in [0.5, 0.6) is 11.5 Å². The van der Waals surface area contributed by atoms with E-state index in [1.807, 2.05) is 0 Å². The first-order valence-electron chi connectivity index (χ1n) is 13.8. The minimum absolute atomic E-state index is 0.0164. The number of carbonyl (C=O) groups is 1. The van der Waals surface area contributed by atoms with E-state index >= 15 is 0 Å². The highest BCUT2D eigenvalue weighted by atomic mass is 19.4. The fourth-order valence-electron chi connectivity index (χ4n) is 5.92. The van der Waals surface area contributed by atoms with E-state index in [4.69, 9.17) is 4.74 Å². The Morgan fingerprint density at radius 1 is 1.00 bits per heavy atom. The van der Waals surface area contributed by atoms with Gasteiger partial charge >= 0.3 is 6.36 Å². The number of benzene rings is 2. The van der Waals surface area contributed by atoms with E-state index in [2.05, 4.69) is 59.9 Å². The lowest BCUT2D eigenvalue weighted by atomic mass is 9.94. The van der Waals surface area contributed by atoms with Gasteiger partial charge in [0.25, 0.3) is 0 Å². The zero-order valence-electron chi connectivity index (χ0n) is 23.3. The molecule has 214 valence electrons. The van der Waals surface area contributed by atoms with Crippen LogP contribution in [0.2, 0.25) is 0 Å². The van der Waals surface area contributed by atoms with Crippen LogP contribution in [0.3, 0.4) is 0 Å². The first kappa shape index (κ1) is 29.2. The van der Waals surface area contributed by atoms with E-state index in [9.17, 15) is 18.0 Å². The van der Waals surface area contributed by atoms with Gasteiger partial charge in [-0.15, -0.1) is 13.2 Å². The highest BCUT2D eigenvalue weighted by Crippen LogP contribution is 2.38. The van der Waals surface area contributed by atoms with Gasteiger partial charge in [-0.25, -0.2) is 0 Å². The van der Waals surface area contributed by atoms with Gasteiger partial charge in [-0.05, 0) is 88.9 Å². The number of amides is 1. The quantitative estimate of drug-likeness (QED) is 0.383. The Kier molecular flexibility index (Phi) is 9.43. The monoisotopic (exact) mass is 547 g/mol. The van der Waals surface area contributed by atoms with E-state index in [0.29, 0.717) is 18.7 Å². The summed E-state index contributed by atoms with van der Waals surface area (Å²) in [5.41, 5.74) is 3.97. The molecule has 2 unspecified atom stereocenters. The van der Waals surface area contributed by atoms with Crippen molar-refractivity contribution in [2.45, 2.75) is 83.4 Å². The summed E-state index contributed by atoms with van der Waals surface area (Å²) in [5.74, 6) is 0.339. The van der Waals surface area contributed by atoms with Crippen LogP contribution in [0.25, 0.3) is 0 Å². The average Bonchev–Trinajstić information content (AvgIpc) is 3.08. The molecule has 0 saturated carbocycles. The van der Waals surface area contributed by atoms with Gasteiger partial charge in [-0.3, -0.25) is 9.69 Å². The van der Waals surface area contributed by atoms with Crippen molar-refractivity contribution in [1.82, 2.24) is 15.1 Å². The van der Waals surface area contributed by atoms with E-state index in [1.165, 1.54) is 34.9 Å². The summed E-state index contributed by atoms with van der Waals surface area (Å²) >= 11 is 0. The van der Waals surface area contributed by atoms with Gasteiger partial charge in [0.1, 0.15) is 11.5 Å². The molecule has 1 N–H and O–H groups in total. The summed E-state index contributed by atoms with van der Waals surface area (Å²) in [7, 11) is 4.12. The number of hydrogen-bond acceptors (Lipinski definition) is 5. The van der Waals surface area contributed by atoms with Crippen LogP contribution in [0.4, 0.5) is 13.2 Å². The number of ether oxygens (including phenoxy) is 2. The summed E-state index contributed by atoms with van der Waals surface area (Å²) in [6, 6.07) is 10.8. The second-order valence-corrected chi connectivity index (χ2v) is 11.1. The van der Waals surface area contributed by atoms with Crippen molar-refractivity contribution in [1.29, 1.82) is 0 Å². The Bertz CT molecular complexity index is 1120. The molecule has 2 aromatic carbocycles. The molecule has 0 radical (unpaired) electrons. The summed E-state index contributed by atoms with van der Waals surface area (Å²) in [4.78, 5) is 17.5. The highest BCUT2D eigenvalue weighted by Gasteiger charge is 2.41. The van der Waals surface area contributed by atoms with E-state index < -0.39 is 6.36 Å². The van der Waals surface area contributed by atoms with Gasteiger partial charge in [0.2, 0.25) is 5.91 Å². The van der Waals surface area contributed by atoms with Crippen molar-refractivity contribution in [3.05, 3.63) is 58.7 Å². The molecule has 2 fully saturated rings. The number of nitrogens with zero attached hydrogens (tertiary/aromatic N) is 2. The molecule has 2 atom stereocenters. The number of carbonyl (C=O) groups excluding carboxylic acids is 1. The third kappa shape index (κ3) is 7.88. The lowest BCUT2D eigenvalue weighted by molar-refractivity contribution is -0.274. The number of fused-ring (bicyclic) bond motifs is 2. The fourth-order valence-corrected chi connectivity index (χ4v) is 5.92. The van der Waals surface area contributed by atoms with Gasteiger partial charge in [-0.1, -0.05) is 24.3 Å². The number of halogens is 3. The summed E-state index contributed by atoms with van der Waals surface area (Å²) in [6.45, 7) is 6.84. The smallest absolute Gasteiger partial charge is 0.493 e. The molecule has 4 rings (SSSR count). The van der Waals surface area contributed by atoms with Crippen LogP contribution in [-0.2, 0) is 17.8 Å². The third-order valence-corrected chi connectivity index (χ3v) is 8.01. The Hall–Kier alpha value is -2.78. The molecule has 0 aromatic heterocycles. The van der Waals surface area contributed by atoms with Gasteiger partial charge < -0.3 is 19.7 Å². The number of alkyl halides is 3. The van der Waals surface area contributed by atoms with Gasteiger partial charge in [-0.2, -0.15) is 0 Å². The van der Waals surface area contributed by atoms with Gasteiger partial charge in [0.15, 0.2) is 0 Å². The average molecular weight is 548 g/mol. The largest absolute Gasteiger partial charge is 0.573 e. The third-order valence-electron chi connectivity index (χ3n) is 8.01. The molecule has 39 heavy (non-hydrogen) atoms. The summed E-state index contributed by atoms with van der Waals surface area (Å²) < 4.78 is 48.4. The molecule has 0 spiro atoms. The van der Waals surface area contributed by atoms with Crippen molar-refractivity contribution >= 4 is 5.91 Å². The molecule has 2 saturated heterocycles. The number of piperidine rings is 1. The van der Waals surface area contributed by atoms with Crippen molar-refractivity contribution in [3.63, 3.8) is 0 Å². The zero-order chi connectivity index (χ0) is 28.2. The zero-order valence-corrected chi connectivity index (χ0v) is 23.3. The predicted octanol–water partition coefficient (Wildman–Crippen LogP) is 5.39. The SMILES string of the molecule is Cc1c(CN2C3CCC2CC(NC(=O)Cc2ccccc2OC(F)(F)F)C3)ccc(OCCCN(C)C)c1C. The molecule has 2 heterocycles. The molecule has 2 aromatic rings. The topological polar surface area (TPSA) is 54.0 Å². The Labute approximate surface area is 229 Å². The van der Waals surface area contributed by atoms with Crippen molar-refractivity contribution in [2.24, 2.45) is 0 Å². The van der Waals surface area contributed by atoms with E-state index in [0.717, 1.165) is 50.9 Å². The van der Waals surface area contributed by atoms with Crippen LogP contribution < -0.4 is 14.8 Å². The van der Waals surface area contributed by atoms with Crippen molar-refractivity contribution in [3.8, 4) is 11.5 Å². The Morgan fingerprint density at radius 3 is 2.36 bits per heavy atom. The maximum atomic E-state index is 12.8. The summed E-state index contributed by atoms with van der Waals surface area (Å²) in [6.07, 6.45) is -0.106. The Balaban J connectivity index is 1.32. The van der Waals surface area contributed by atoms with Crippen LogP contribution in [0.1, 0.15) is 54.4 Å². The minimum atomic E-state index is -4.80. The number of hydrogen-bond donors (Lipinski definition) is 1.